The van der Waals surface area contributed by atoms with Gasteiger partial charge in [-0.3, -0.25) is 9.59 Å². The maximum absolute atomic E-state index is 12.4. The predicted octanol–water partition coefficient (Wildman–Crippen LogP) is 3.03. The van der Waals surface area contributed by atoms with Crippen molar-refractivity contribution in [2.45, 2.75) is 13.8 Å². The highest BCUT2D eigenvalue weighted by Crippen LogP contribution is 2.31. The molecule has 1 rings (SSSR count). The van der Waals surface area contributed by atoms with Gasteiger partial charge in [0.1, 0.15) is 5.76 Å². The first kappa shape index (κ1) is 15.4. The Morgan fingerprint density at radius 3 is 1.95 bits per heavy atom. The van der Waals surface area contributed by atoms with Gasteiger partial charge in [-0.2, -0.15) is 0 Å². The summed E-state index contributed by atoms with van der Waals surface area (Å²) in [6.45, 7) is 9.93. The Balaban J connectivity index is 3.72. The number of ketones is 2. The molecule has 0 aromatic carbocycles. The zero-order chi connectivity index (χ0) is 15.4. The minimum Gasteiger partial charge on any atom is -0.509 e. The first-order valence-electron chi connectivity index (χ1n) is 5.95. The van der Waals surface area contributed by atoms with Gasteiger partial charge in [0.25, 0.3) is 0 Å². The number of allylic oxidation sites excluding steroid dienone is 9. The SMILES string of the molecule is C=CC1=C(/C=C\C)C(=O)C(/C(O)=C(\C)O)=C(C=C)C1=O. The van der Waals surface area contributed by atoms with E-state index < -0.39 is 23.1 Å². The van der Waals surface area contributed by atoms with Gasteiger partial charge in [0.2, 0.25) is 0 Å². The monoisotopic (exact) mass is 272 g/mol. The number of Topliss-reactive ketones (excluding diaryl/α,β-unsaturated/α-hetero) is 2. The molecule has 0 amide bonds. The second-order valence-electron chi connectivity index (χ2n) is 4.12. The molecule has 0 heterocycles. The zero-order valence-electron chi connectivity index (χ0n) is 11.4. The fourth-order valence-electron chi connectivity index (χ4n) is 1.91. The van der Waals surface area contributed by atoms with E-state index >= 15 is 0 Å². The van der Waals surface area contributed by atoms with E-state index in [1.165, 1.54) is 25.2 Å². The lowest BCUT2D eigenvalue weighted by Gasteiger charge is -2.19. The predicted molar refractivity (Wildman–Crippen MR) is 77.2 cm³/mol. The van der Waals surface area contributed by atoms with Gasteiger partial charge in [-0.15, -0.1) is 0 Å². The third kappa shape index (κ3) is 2.40. The standard InChI is InChI=1S/C16H16O4/c1-5-8-12-10(6-2)15(19)11(7-3)13(16(12)20)14(18)9(4)17/h5-8,17-18H,2-3H2,1,4H3/b8-5-,14-9-. The van der Waals surface area contributed by atoms with Crippen molar-refractivity contribution in [3.63, 3.8) is 0 Å². The van der Waals surface area contributed by atoms with Crippen LogP contribution in [-0.4, -0.2) is 21.8 Å². The van der Waals surface area contributed by atoms with Crippen LogP contribution in [0.15, 0.2) is 71.3 Å². The maximum atomic E-state index is 12.4. The van der Waals surface area contributed by atoms with E-state index in [1.54, 1.807) is 13.0 Å². The lowest BCUT2D eigenvalue weighted by atomic mass is 9.82. The summed E-state index contributed by atoms with van der Waals surface area (Å²) in [5, 5.41) is 19.2. The molecule has 0 atom stereocenters. The van der Waals surface area contributed by atoms with Crippen LogP contribution in [0, 0.1) is 0 Å². The smallest absolute Gasteiger partial charge is 0.198 e. The minimum atomic E-state index is -0.622. The molecule has 0 aromatic heterocycles. The number of carbonyl (C=O) groups is 2. The number of aliphatic hydroxyl groups is 2. The third-order valence-electron chi connectivity index (χ3n) is 2.84. The fraction of sp³-hybridized carbons (Fsp3) is 0.125. The molecular formula is C16H16O4. The molecule has 0 spiro atoms. The van der Waals surface area contributed by atoms with E-state index in [0.29, 0.717) is 0 Å². The van der Waals surface area contributed by atoms with Crippen molar-refractivity contribution in [3.8, 4) is 0 Å². The Bertz CT molecular complexity index is 621. The van der Waals surface area contributed by atoms with E-state index in [-0.39, 0.29) is 22.3 Å². The molecule has 0 bridgehead atoms. The number of aliphatic hydroxyl groups excluding tert-OH is 2. The highest BCUT2D eigenvalue weighted by molar-refractivity contribution is 6.29. The van der Waals surface area contributed by atoms with Crippen LogP contribution in [0.2, 0.25) is 0 Å². The van der Waals surface area contributed by atoms with Gasteiger partial charge in [0.15, 0.2) is 17.3 Å². The summed E-state index contributed by atoms with van der Waals surface area (Å²) in [6, 6.07) is 0. The van der Waals surface area contributed by atoms with Crippen LogP contribution in [0.25, 0.3) is 0 Å². The van der Waals surface area contributed by atoms with Crippen LogP contribution in [-0.2, 0) is 9.59 Å². The van der Waals surface area contributed by atoms with Crippen molar-refractivity contribution < 1.29 is 19.8 Å². The molecule has 0 saturated carbocycles. The highest BCUT2D eigenvalue weighted by Gasteiger charge is 2.33. The van der Waals surface area contributed by atoms with Crippen LogP contribution in [0.3, 0.4) is 0 Å². The van der Waals surface area contributed by atoms with Gasteiger partial charge < -0.3 is 10.2 Å². The first-order valence-corrected chi connectivity index (χ1v) is 5.95. The van der Waals surface area contributed by atoms with Crippen molar-refractivity contribution >= 4 is 11.6 Å². The third-order valence-corrected chi connectivity index (χ3v) is 2.84. The van der Waals surface area contributed by atoms with Crippen molar-refractivity contribution in [1.29, 1.82) is 0 Å². The quantitative estimate of drug-likeness (QED) is 0.609. The molecule has 0 fully saturated rings. The Morgan fingerprint density at radius 2 is 1.55 bits per heavy atom. The van der Waals surface area contributed by atoms with Crippen LogP contribution >= 0.6 is 0 Å². The number of carbonyl (C=O) groups excluding carboxylic acids is 2. The average Bonchev–Trinajstić information content (AvgIpc) is 2.41. The zero-order valence-corrected chi connectivity index (χ0v) is 11.4. The van der Waals surface area contributed by atoms with E-state index in [9.17, 15) is 19.8 Å². The van der Waals surface area contributed by atoms with Gasteiger partial charge in [0, 0.05) is 16.7 Å². The Kier molecular flexibility index (Phi) is 4.64. The summed E-state index contributed by atoms with van der Waals surface area (Å²) in [4.78, 5) is 24.7. The second-order valence-corrected chi connectivity index (χ2v) is 4.12. The molecule has 0 aliphatic heterocycles. The van der Waals surface area contributed by atoms with Gasteiger partial charge in [-0.05, 0) is 13.8 Å². The number of rotatable bonds is 4. The summed E-state index contributed by atoms with van der Waals surface area (Å²) >= 11 is 0. The molecule has 1 aliphatic rings. The van der Waals surface area contributed by atoms with E-state index in [2.05, 4.69) is 13.2 Å². The van der Waals surface area contributed by atoms with Crippen molar-refractivity contribution in [3.05, 3.63) is 71.3 Å². The van der Waals surface area contributed by atoms with Crippen LogP contribution in [0.5, 0.6) is 0 Å². The minimum absolute atomic E-state index is 0.0518. The van der Waals surface area contributed by atoms with Crippen molar-refractivity contribution in [2.75, 3.05) is 0 Å². The molecule has 0 radical (unpaired) electrons. The second kappa shape index (κ2) is 6.02. The Morgan fingerprint density at radius 1 is 1.00 bits per heavy atom. The molecule has 4 heteroatoms. The van der Waals surface area contributed by atoms with Gasteiger partial charge >= 0.3 is 0 Å². The summed E-state index contributed by atoms with van der Waals surface area (Å²) < 4.78 is 0. The maximum Gasteiger partial charge on any atom is 0.198 e. The molecule has 4 nitrogen and oxygen atoms in total. The summed E-state index contributed by atoms with van der Waals surface area (Å²) in [6.07, 6.45) is 5.55. The number of hydrogen-bond acceptors (Lipinski definition) is 4. The van der Waals surface area contributed by atoms with Crippen molar-refractivity contribution in [2.24, 2.45) is 0 Å². The molecule has 104 valence electrons. The lowest BCUT2D eigenvalue weighted by molar-refractivity contribution is -0.116. The largest absolute Gasteiger partial charge is 0.509 e. The van der Waals surface area contributed by atoms with Crippen LogP contribution < -0.4 is 0 Å². The Hall–Kier alpha value is -2.62. The van der Waals surface area contributed by atoms with Gasteiger partial charge in [0.05, 0.1) is 5.57 Å². The topological polar surface area (TPSA) is 74.6 Å². The van der Waals surface area contributed by atoms with Crippen LogP contribution in [0.1, 0.15) is 13.8 Å². The molecule has 0 aromatic rings. The number of hydrogen-bond donors (Lipinski definition) is 2. The Labute approximate surface area is 117 Å². The molecule has 0 saturated heterocycles. The molecule has 0 unspecified atom stereocenters. The molecule has 2 N–H and O–H groups in total. The molecular weight excluding hydrogens is 256 g/mol. The first-order chi connectivity index (χ1) is 9.40. The normalized spacial score (nSPS) is 17.7. The van der Waals surface area contributed by atoms with Crippen LogP contribution in [0.4, 0.5) is 0 Å². The van der Waals surface area contributed by atoms with E-state index in [4.69, 9.17) is 0 Å². The molecule has 1 aliphatic carbocycles. The van der Waals surface area contributed by atoms with Crippen molar-refractivity contribution in [1.82, 2.24) is 0 Å². The lowest BCUT2D eigenvalue weighted by Crippen LogP contribution is -2.23. The van der Waals surface area contributed by atoms with E-state index in [1.807, 2.05) is 0 Å². The van der Waals surface area contributed by atoms with Gasteiger partial charge in [-0.1, -0.05) is 37.5 Å². The fourth-order valence-corrected chi connectivity index (χ4v) is 1.91. The molecule has 20 heavy (non-hydrogen) atoms. The average molecular weight is 272 g/mol. The van der Waals surface area contributed by atoms with Gasteiger partial charge in [-0.25, -0.2) is 0 Å². The summed E-state index contributed by atoms with van der Waals surface area (Å²) in [7, 11) is 0. The summed E-state index contributed by atoms with van der Waals surface area (Å²) in [5.41, 5.74) is -0.0243. The van der Waals surface area contributed by atoms with E-state index in [0.717, 1.165) is 0 Å². The highest BCUT2D eigenvalue weighted by atomic mass is 16.3. The summed E-state index contributed by atoms with van der Waals surface area (Å²) in [5.74, 6) is -2.09.